The maximum absolute atomic E-state index is 5.44. The second-order valence-corrected chi connectivity index (χ2v) is 6.01. The zero-order valence-electron chi connectivity index (χ0n) is 10.5. The van der Waals surface area contributed by atoms with E-state index in [1.807, 2.05) is 30.3 Å². The van der Waals surface area contributed by atoms with Gasteiger partial charge in [0.1, 0.15) is 5.76 Å². The molecule has 0 saturated carbocycles. The first kappa shape index (κ1) is 14.4. The Morgan fingerprint density at radius 3 is 2.71 bits per heavy atom. The summed E-state index contributed by atoms with van der Waals surface area (Å²) in [6.07, 6.45) is 1.58. The molecule has 0 radical (unpaired) electrons. The van der Waals surface area contributed by atoms with Crippen LogP contribution in [0.5, 0.6) is 0 Å². The summed E-state index contributed by atoms with van der Waals surface area (Å²) in [6, 6.07) is 11.5. The lowest BCUT2D eigenvalue weighted by Gasteiger charge is -1.99. The number of halogens is 2. The van der Waals surface area contributed by atoms with E-state index in [4.69, 9.17) is 16.6 Å². The summed E-state index contributed by atoms with van der Waals surface area (Å²) in [7, 11) is 0. The van der Waals surface area contributed by atoms with Gasteiger partial charge >= 0.3 is 0 Å². The molecule has 106 valence electrons. The summed E-state index contributed by atoms with van der Waals surface area (Å²) in [4.78, 5) is 0. The van der Waals surface area contributed by atoms with Gasteiger partial charge in [0.25, 0.3) is 0 Å². The number of aromatic nitrogens is 3. The predicted octanol–water partition coefficient (Wildman–Crippen LogP) is 4.61. The van der Waals surface area contributed by atoms with Crippen molar-refractivity contribution in [1.29, 1.82) is 0 Å². The van der Waals surface area contributed by atoms with Crippen LogP contribution in [0.25, 0.3) is 11.4 Å². The minimum atomic E-state index is 0.412. The minimum absolute atomic E-state index is 0.412. The topological polar surface area (TPSA) is 59.1 Å². The van der Waals surface area contributed by atoms with E-state index in [0.717, 1.165) is 10.0 Å². The lowest BCUT2D eigenvalue weighted by molar-refractivity contribution is 0.532. The first-order chi connectivity index (χ1) is 10.1. The van der Waals surface area contributed by atoms with E-state index < -0.39 is 0 Å². The Labute approximate surface area is 141 Å². The van der Waals surface area contributed by atoms with Gasteiger partial charge in [0, 0.05) is 11.6 Å². The number of H-pyrrole nitrogens is 1. The first-order valence-electron chi connectivity index (χ1n) is 5.87. The highest BCUT2D eigenvalue weighted by Crippen LogP contribution is 2.26. The van der Waals surface area contributed by atoms with Gasteiger partial charge in [0.2, 0.25) is 4.77 Å². The number of furan rings is 1. The fourth-order valence-corrected chi connectivity index (χ4v) is 2.50. The molecule has 21 heavy (non-hydrogen) atoms. The molecule has 8 heteroatoms. The highest BCUT2D eigenvalue weighted by atomic mass is 79.9. The summed E-state index contributed by atoms with van der Waals surface area (Å²) >= 11 is 11.8. The van der Waals surface area contributed by atoms with E-state index in [9.17, 15) is 0 Å². The van der Waals surface area contributed by atoms with Crippen LogP contribution in [0.2, 0.25) is 0 Å². The van der Waals surface area contributed by atoms with Crippen molar-refractivity contribution in [1.82, 2.24) is 14.9 Å². The number of hydrogen-bond acceptors (Lipinski definition) is 4. The molecule has 1 aromatic carbocycles. The third-order valence-corrected chi connectivity index (χ3v) is 4.62. The number of nitrogens with zero attached hydrogens (tertiary/aromatic N) is 3. The molecule has 0 atom stereocenters. The van der Waals surface area contributed by atoms with Crippen LogP contribution >= 0.6 is 44.1 Å². The Kier molecular flexibility index (Phi) is 4.18. The Balaban J connectivity index is 2.00. The fourth-order valence-electron chi connectivity index (χ4n) is 1.71. The summed E-state index contributed by atoms with van der Waals surface area (Å²) in [6.45, 7) is 0. The highest BCUT2D eigenvalue weighted by Gasteiger charge is 2.08. The number of hydrogen-bond donors (Lipinski definition) is 1. The molecule has 0 spiro atoms. The van der Waals surface area contributed by atoms with Crippen LogP contribution in [0.1, 0.15) is 5.76 Å². The number of nitrogens with one attached hydrogen (secondary N) is 1. The average Bonchev–Trinajstić information content (AvgIpc) is 3.01. The molecule has 2 aromatic heterocycles. The quantitative estimate of drug-likeness (QED) is 0.490. The molecule has 0 bridgehead atoms. The molecule has 5 nitrogen and oxygen atoms in total. The minimum Gasteiger partial charge on any atom is -0.447 e. The van der Waals surface area contributed by atoms with E-state index in [0.29, 0.717) is 21.0 Å². The summed E-state index contributed by atoms with van der Waals surface area (Å²) in [5, 5.41) is 11.3. The van der Waals surface area contributed by atoms with E-state index >= 15 is 0 Å². The average molecular weight is 428 g/mol. The molecule has 3 aromatic rings. The summed E-state index contributed by atoms with van der Waals surface area (Å²) < 4.78 is 8.84. The Morgan fingerprint density at radius 2 is 2.05 bits per heavy atom. The maximum Gasteiger partial charge on any atom is 0.216 e. The summed E-state index contributed by atoms with van der Waals surface area (Å²) in [5.74, 6) is 1.23. The van der Waals surface area contributed by atoms with E-state index in [1.54, 1.807) is 17.0 Å². The molecule has 0 unspecified atom stereocenters. The van der Waals surface area contributed by atoms with Gasteiger partial charge in [0.15, 0.2) is 10.5 Å². The van der Waals surface area contributed by atoms with Crippen molar-refractivity contribution in [2.24, 2.45) is 5.10 Å². The number of benzene rings is 1. The van der Waals surface area contributed by atoms with Crippen molar-refractivity contribution in [2.45, 2.75) is 0 Å². The van der Waals surface area contributed by atoms with Gasteiger partial charge in [0.05, 0.1) is 10.7 Å². The van der Waals surface area contributed by atoms with Gasteiger partial charge in [-0.15, -0.1) is 0 Å². The van der Waals surface area contributed by atoms with Gasteiger partial charge in [-0.25, -0.2) is 5.10 Å². The molecule has 0 fully saturated rings. The van der Waals surface area contributed by atoms with Crippen molar-refractivity contribution in [3.05, 3.63) is 56.1 Å². The van der Waals surface area contributed by atoms with Gasteiger partial charge in [-0.05, 0) is 44.1 Å². The molecule has 0 saturated heterocycles. The van der Waals surface area contributed by atoms with Crippen LogP contribution in [0, 0.1) is 4.77 Å². The Bertz CT molecular complexity index is 831. The van der Waals surface area contributed by atoms with E-state index in [-0.39, 0.29) is 0 Å². The second-order valence-electron chi connectivity index (χ2n) is 4.05. The molecule has 0 aliphatic carbocycles. The van der Waals surface area contributed by atoms with Crippen molar-refractivity contribution in [3.63, 3.8) is 0 Å². The summed E-state index contributed by atoms with van der Waals surface area (Å²) in [5.41, 5.74) is 0.920. The normalized spacial score (nSPS) is 11.3. The fraction of sp³-hybridized carbons (Fsp3) is 0. The first-order valence-corrected chi connectivity index (χ1v) is 7.86. The Hall–Kier alpha value is -1.51. The smallest absolute Gasteiger partial charge is 0.216 e. The van der Waals surface area contributed by atoms with Crippen LogP contribution in [0.15, 0.2) is 55.1 Å². The van der Waals surface area contributed by atoms with Gasteiger partial charge in [-0.2, -0.15) is 14.9 Å². The van der Waals surface area contributed by atoms with Crippen LogP contribution < -0.4 is 0 Å². The number of aromatic amines is 1. The molecular formula is C13H8Br2N4OS. The van der Waals surface area contributed by atoms with E-state index in [1.165, 1.54) is 0 Å². The Morgan fingerprint density at radius 1 is 1.29 bits per heavy atom. The zero-order chi connectivity index (χ0) is 14.8. The van der Waals surface area contributed by atoms with Gasteiger partial charge in [-0.3, -0.25) is 0 Å². The molecule has 0 aliphatic heterocycles. The van der Waals surface area contributed by atoms with Crippen molar-refractivity contribution >= 4 is 50.3 Å². The molecule has 2 heterocycles. The van der Waals surface area contributed by atoms with Crippen molar-refractivity contribution in [3.8, 4) is 11.4 Å². The SMILES string of the molecule is S=c1[nH]nc(-c2ccccc2)n1/N=C\c1cc(Br)c(Br)o1. The lowest BCUT2D eigenvalue weighted by Crippen LogP contribution is -1.94. The lowest BCUT2D eigenvalue weighted by atomic mass is 10.2. The number of rotatable bonds is 3. The van der Waals surface area contributed by atoms with Gasteiger partial charge in [-0.1, -0.05) is 30.3 Å². The molecular weight excluding hydrogens is 420 g/mol. The third-order valence-electron chi connectivity index (χ3n) is 2.65. The van der Waals surface area contributed by atoms with Crippen LogP contribution in [-0.2, 0) is 0 Å². The molecule has 0 amide bonds. The maximum atomic E-state index is 5.44. The predicted molar refractivity (Wildman–Crippen MR) is 89.9 cm³/mol. The van der Waals surface area contributed by atoms with E-state index in [2.05, 4.69) is 47.2 Å². The van der Waals surface area contributed by atoms with Gasteiger partial charge < -0.3 is 4.42 Å². The third kappa shape index (κ3) is 3.07. The van der Waals surface area contributed by atoms with Crippen LogP contribution in [0.4, 0.5) is 0 Å². The highest BCUT2D eigenvalue weighted by molar-refractivity contribution is 9.13. The largest absolute Gasteiger partial charge is 0.447 e. The monoisotopic (exact) mass is 426 g/mol. The van der Waals surface area contributed by atoms with Crippen LogP contribution in [0.3, 0.4) is 0 Å². The second kappa shape index (κ2) is 6.08. The van der Waals surface area contributed by atoms with Crippen molar-refractivity contribution < 1.29 is 4.42 Å². The molecule has 0 aliphatic rings. The van der Waals surface area contributed by atoms with Crippen molar-refractivity contribution in [2.75, 3.05) is 0 Å². The standard InChI is InChI=1S/C13H8Br2N4OS/c14-10-6-9(20-11(10)15)7-16-19-12(17-18-13(19)21)8-4-2-1-3-5-8/h1-7H,(H,18,21)/b16-7-. The van der Waals surface area contributed by atoms with Crippen LogP contribution in [-0.4, -0.2) is 21.1 Å². The molecule has 3 rings (SSSR count). The zero-order valence-corrected chi connectivity index (χ0v) is 14.4. The molecule has 1 N–H and O–H groups in total.